The number of amides is 1. The molecule has 5 nitrogen and oxygen atoms in total. The van der Waals surface area contributed by atoms with Crippen molar-refractivity contribution in [2.75, 3.05) is 13.1 Å². The number of benzene rings is 1. The predicted molar refractivity (Wildman–Crippen MR) is 84.2 cm³/mol. The van der Waals surface area contributed by atoms with Gasteiger partial charge in [0.25, 0.3) is 0 Å². The van der Waals surface area contributed by atoms with Gasteiger partial charge in [-0.25, -0.2) is 9.37 Å². The average Bonchev–Trinajstić information content (AvgIpc) is 2.93. The molecule has 3 rings (SSSR count). The number of H-pyrrole nitrogens is 1. The summed E-state index contributed by atoms with van der Waals surface area (Å²) in [5.74, 6) is 1.98. The fourth-order valence-corrected chi connectivity index (χ4v) is 3.06. The first-order valence-corrected chi connectivity index (χ1v) is 8.00. The van der Waals surface area contributed by atoms with Gasteiger partial charge in [-0.05, 0) is 43.4 Å². The Morgan fingerprint density at radius 2 is 2.17 bits per heavy atom. The highest BCUT2D eigenvalue weighted by atomic mass is 19.1. The average molecular weight is 316 g/mol. The lowest BCUT2D eigenvalue weighted by atomic mass is 9.93. The van der Waals surface area contributed by atoms with Gasteiger partial charge < -0.3 is 4.90 Å². The lowest BCUT2D eigenvalue weighted by Gasteiger charge is -2.31. The molecular formula is C17H21FN4O. The zero-order valence-electron chi connectivity index (χ0n) is 13.3. The Morgan fingerprint density at radius 3 is 2.83 bits per heavy atom. The van der Waals surface area contributed by atoms with Crippen LogP contribution in [0.25, 0.3) is 0 Å². The van der Waals surface area contributed by atoms with Crippen LogP contribution in [-0.4, -0.2) is 39.1 Å². The number of hydrogen-bond donors (Lipinski definition) is 1. The van der Waals surface area contributed by atoms with E-state index in [1.165, 1.54) is 12.1 Å². The highest BCUT2D eigenvalue weighted by molar-refractivity contribution is 5.78. The SMILES string of the molecule is Cc1nc(CC2CCN(C(=O)Cc3cccc(F)c3)CC2)n[nH]1. The minimum absolute atomic E-state index is 0.0720. The number of rotatable bonds is 4. The number of nitrogens with one attached hydrogen (secondary N) is 1. The summed E-state index contributed by atoms with van der Waals surface area (Å²) in [6.45, 7) is 3.40. The molecule has 1 aliphatic heterocycles. The summed E-state index contributed by atoms with van der Waals surface area (Å²) >= 11 is 0. The summed E-state index contributed by atoms with van der Waals surface area (Å²) in [6.07, 6.45) is 3.05. The van der Waals surface area contributed by atoms with E-state index in [1.807, 2.05) is 11.8 Å². The Bertz CT molecular complexity index is 677. The van der Waals surface area contributed by atoms with E-state index in [9.17, 15) is 9.18 Å². The van der Waals surface area contributed by atoms with Crippen molar-refractivity contribution in [2.24, 2.45) is 5.92 Å². The molecule has 6 heteroatoms. The number of aromatic amines is 1. The molecule has 0 radical (unpaired) electrons. The normalized spacial score (nSPS) is 15.8. The van der Waals surface area contributed by atoms with Crippen LogP contribution in [0.2, 0.25) is 0 Å². The Hall–Kier alpha value is -2.24. The monoisotopic (exact) mass is 316 g/mol. The number of carbonyl (C=O) groups excluding carboxylic acids is 1. The number of likely N-dealkylation sites (tertiary alicyclic amines) is 1. The van der Waals surface area contributed by atoms with Gasteiger partial charge in [0.1, 0.15) is 11.6 Å². The maximum Gasteiger partial charge on any atom is 0.226 e. The molecule has 1 fully saturated rings. The van der Waals surface area contributed by atoms with Crippen molar-refractivity contribution in [1.29, 1.82) is 0 Å². The van der Waals surface area contributed by atoms with Gasteiger partial charge in [-0.1, -0.05) is 12.1 Å². The Labute approximate surface area is 134 Å². The molecule has 2 heterocycles. The number of aryl methyl sites for hydroxylation is 1. The highest BCUT2D eigenvalue weighted by Crippen LogP contribution is 2.21. The van der Waals surface area contributed by atoms with E-state index in [2.05, 4.69) is 15.2 Å². The molecule has 0 atom stereocenters. The van der Waals surface area contributed by atoms with Gasteiger partial charge in [0.05, 0.1) is 6.42 Å². The summed E-state index contributed by atoms with van der Waals surface area (Å²) in [6, 6.07) is 6.25. The molecule has 0 unspecified atom stereocenters. The summed E-state index contributed by atoms with van der Waals surface area (Å²) in [5.41, 5.74) is 0.730. The van der Waals surface area contributed by atoms with E-state index < -0.39 is 0 Å². The van der Waals surface area contributed by atoms with Crippen molar-refractivity contribution >= 4 is 5.91 Å². The second kappa shape index (κ2) is 6.89. The van der Waals surface area contributed by atoms with E-state index in [0.717, 1.165) is 49.6 Å². The molecule has 0 aliphatic carbocycles. The largest absolute Gasteiger partial charge is 0.342 e. The van der Waals surface area contributed by atoms with Crippen LogP contribution in [0, 0.1) is 18.7 Å². The van der Waals surface area contributed by atoms with Crippen LogP contribution in [0.1, 0.15) is 30.1 Å². The van der Waals surface area contributed by atoms with Crippen LogP contribution in [-0.2, 0) is 17.6 Å². The molecule has 1 amide bonds. The zero-order chi connectivity index (χ0) is 16.2. The molecule has 1 aromatic heterocycles. The second-order valence-electron chi connectivity index (χ2n) is 6.17. The standard InChI is InChI=1S/C17H21FN4O/c1-12-19-16(21-20-12)10-13-5-7-22(8-6-13)17(23)11-14-3-2-4-15(18)9-14/h2-4,9,13H,5-8,10-11H2,1H3,(H,19,20,21). The molecule has 2 aromatic rings. The third-order valence-electron chi connectivity index (χ3n) is 4.33. The van der Waals surface area contributed by atoms with E-state index in [4.69, 9.17) is 0 Å². The molecule has 0 bridgehead atoms. The minimum atomic E-state index is -0.296. The first-order chi connectivity index (χ1) is 11.1. The molecule has 1 aromatic carbocycles. The van der Waals surface area contributed by atoms with Gasteiger partial charge in [0.15, 0.2) is 5.82 Å². The fraction of sp³-hybridized carbons (Fsp3) is 0.471. The summed E-state index contributed by atoms with van der Waals surface area (Å²) < 4.78 is 13.2. The lowest BCUT2D eigenvalue weighted by molar-refractivity contribution is -0.131. The summed E-state index contributed by atoms with van der Waals surface area (Å²) in [7, 11) is 0. The smallest absolute Gasteiger partial charge is 0.226 e. The van der Waals surface area contributed by atoms with Crippen LogP contribution in [0.15, 0.2) is 24.3 Å². The van der Waals surface area contributed by atoms with Crippen LogP contribution in [0.3, 0.4) is 0 Å². The second-order valence-corrected chi connectivity index (χ2v) is 6.17. The number of carbonyl (C=O) groups is 1. The van der Waals surface area contributed by atoms with Crippen LogP contribution in [0.4, 0.5) is 4.39 Å². The Kier molecular flexibility index (Phi) is 4.69. The minimum Gasteiger partial charge on any atom is -0.342 e. The number of nitrogens with zero attached hydrogens (tertiary/aromatic N) is 3. The van der Waals surface area contributed by atoms with Crippen LogP contribution < -0.4 is 0 Å². The van der Waals surface area contributed by atoms with Crippen LogP contribution >= 0.6 is 0 Å². The van der Waals surface area contributed by atoms with E-state index in [-0.39, 0.29) is 18.1 Å². The van der Waals surface area contributed by atoms with Crippen molar-refractivity contribution < 1.29 is 9.18 Å². The third kappa shape index (κ3) is 4.15. The molecule has 0 saturated carbocycles. The van der Waals surface area contributed by atoms with E-state index in [1.54, 1.807) is 12.1 Å². The van der Waals surface area contributed by atoms with Crippen molar-refractivity contribution in [1.82, 2.24) is 20.1 Å². The zero-order valence-corrected chi connectivity index (χ0v) is 13.3. The molecule has 1 N–H and O–H groups in total. The molecule has 23 heavy (non-hydrogen) atoms. The fourth-order valence-electron chi connectivity index (χ4n) is 3.06. The maximum absolute atomic E-state index is 13.2. The predicted octanol–water partition coefficient (Wildman–Crippen LogP) is 2.28. The van der Waals surface area contributed by atoms with Gasteiger partial charge in [-0.15, -0.1) is 0 Å². The first kappa shape index (κ1) is 15.6. The first-order valence-electron chi connectivity index (χ1n) is 8.00. The van der Waals surface area contributed by atoms with Gasteiger partial charge in [0.2, 0.25) is 5.91 Å². The molecule has 1 aliphatic rings. The van der Waals surface area contributed by atoms with Crippen molar-refractivity contribution in [2.45, 2.75) is 32.6 Å². The lowest BCUT2D eigenvalue weighted by Crippen LogP contribution is -2.39. The summed E-state index contributed by atoms with van der Waals surface area (Å²) in [5, 5.41) is 7.04. The van der Waals surface area contributed by atoms with Crippen molar-refractivity contribution in [3.8, 4) is 0 Å². The highest BCUT2D eigenvalue weighted by Gasteiger charge is 2.24. The van der Waals surface area contributed by atoms with Gasteiger partial charge in [-0.3, -0.25) is 9.89 Å². The van der Waals surface area contributed by atoms with E-state index in [0.29, 0.717) is 5.92 Å². The Balaban J connectivity index is 1.49. The number of hydrogen-bond acceptors (Lipinski definition) is 3. The summed E-state index contributed by atoms with van der Waals surface area (Å²) in [4.78, 5) is 18.5. The molecular weight excluding hydrogens is 295 g/mol. The molecule has 1 saturated heterocycles. The Morgan fingerprint density at radius 1 is 1.39 bits per heavy atom. The van der Waals surface area contributed by atoms with Gasteiger partial charge in [0, 0.05) is 19.5 Å². The van der Waals surface area contributed by atoms with Gasteiger partial charge in [-0.2, -0.15) is 5.10 Å². The molecule has 0 spiro atoms. The number of aromatic nitrogens is 3. The number of piperidine rings is 1. The number of halogens is 1. The quantitative estimate of drug-likeness (QED) is 0.941. The van der Waals surface area contributed by atoms with Crippen LogP contribution in [0.5, 0.6) is 0 Å². The topological polar surface area (TPSA) is 61.9 Å². The van der Waals surface area contributed by atoms with Gasteiger partial charge >= 0.3 is 0 Å². The maximum atomic E-state index is 13.2. The third-order valence-corrected chi connectivity index (χ3v) is 4.33. The van der Waals surface area contributed by atoms with Crippen molar-refractivity contribution in [3.05, 3.63) is 47.3 Å². The van der Waals surface area contributed by atoms with Crippen molar-refractivity contribution in [3.63, 3.8) is 0 Å². The van der Waals surface area contributed by atoms with E-state index >= 15 is 0 Å². The molecule has 122 valence electrons.